The lowest BCUT2D eigenvalue weighted by molar-refractivity contribution is 0.0498. The van der Waals surface area contributed by atoms with Crippen molar-refractivity contribution in [3.8, 4) is 5.69 Å². The van der Waals surface area contributed by atoms with Crippen LogP contribution < -0.4 is 5.56 Å². The molecule has 0 aliphatic heterocycles. The Labute approximate surface area is 173 Å². The Morgan fingerprint density at radius 2 is 2.00 bits per heavy atom. The standard InChI is InChI=1S/C22H23ClN2O4/c1-4-5-10-29-22(28)19-13(2)11-16-20(14(19)3)21(27)25(18(12-26)24-16)17-9-7-6-8-15(17)23/h6-9,11,26H,4-5,10,12H2,1-3H3. The zero-order chi connectivity index (χ0) is 21.1. The first kappa shape index (κ1) is 21.0. The molecule has 0 bridgehead atoms. The highest BCUT2D eigenvalue weighted by Gasteiger charge is 2.22. The summed E-state index contributed by atoms with van der Waals surface area (Å²) in [4.78, 5) is 30.5. The molecule has 0 aliphatic carbocycles. The van der Waals surface area contributed by atoms with Gasteiger partial charge in [-0.1, -0.05) is 37.1 Å². The smallest absolute Gasteiger partial charge is 0.338 e. The van der Waals surface area contributed by atoms with Gasteiger partial charge in [-0.25, -0.2) is 9.78 Å². The molecule has 2 aromatic carbocycles. The number of para-hydroxylation sites is 1. The predicted molar refractivity (Wildman–Crippen MR) is 113 cm³/mol. The van der Waals surface area contributed by atoms with Gasteiger partial charge in [-0.05, 0) is 49.6 Å². The van der Waals surface area contributed by atoms with E-state index in [0.717, 1.165) is 12.8 Å². The minimum atomic E-state index is -0.453. The molecule has 29 heavy (non-hydrogen) atoms. The van der Waals surface area contributed by atoms with E-state index in [-0.39, 0.29) is 5.82 Å². The van der Waals surface area contributed by atoms with Gasteiger partial charge in [0.2, 0.25) is 0 Å². The summed E-state index contributed by atoms with van der Waals surface area (Å²) in [6.07, 6.45) is 1.69. The van der Waals surface area contributed by atoms with Crippen molar-refractivity contribution in [2.75, 3.05) is 6.61 Å². The van der Waals surface area contributed by atoms with E-state index < -0.39 is 18.1 Å². The van der Waals surface area contributed by atoms with Crippen molar-refractivity contribution < 1.29 is 14.6 Å². The van der Waals surface area contributed by atoms with E-state index in [1.54, 1.807) is 44.2 Å². The topological polar surface area (TPSA) is 81.4 Å². The number of carbonyl (C=O) groups is 1. The normalized spacial score (nSPS) is 11.1. The second-order valence-electron chi connectivity index (χ2n) is 6.86. The van der Waals surface area contributed by atoms with Crippen molar-refractivity contribution in [2.45, 2.75) is 40.2 Å². The highest BCUT2D eigenvalue weighted by molar-refractivity contribution is 6.32. The fourth-order valence-corrected chi connectivity index (χ4v) is 3.64. The highest BCUT2D eigenvalue weighted by Crippen LogP contribution is 2.26. The van der Waals surface area contributed by atoms with Gasteiger partial charge in [0.05, 0.1) is 33.8 Å². The minimum absolute atomic E-state index is 0.174. The van der Waals surface area contributed by atoms with Gasteiger partial charge >= 0.3 is 5.97 Å². The van der Waals surface area contributed by atoms with Gasteiger partial charge in [0, 0.05) is 0 Å². The summed E-state index contributed by atoms with van der Waals surface area (Å²) in [5, 5.41) is 10.5. The van der Waals surface area contributed by atoms with Crippen LogP contribution in [0, 0.1) is 13.8 Å². The molecule has 1 heterocycles. The van der Waals surface area contributed by atoms with Crippen molar-refractivity contribution in [1.29, 1.82) is 0 Å². The van der Waals surface area contributed by atoms with Gasteiger partial charge in [-0.3, -0.25) is 9.36 Å². The van der Waals surface area contributed by atoms with Gasteiger partial charge in [0.1, 0.15) is 12.4 Å². The molecule has 3 rings (SSSR count). The Morgan fingerprint density at radius 3 is 2.66 bits per heavy atom. The second-order valence-corrected chi connectivity index (χ2v) is 7.26. The Bertz CT molecular complexity index is 1140. The number of aryl methyl sites for hydroxylation is 2. The number of unbranched alkanes of at least 4 members (excludes halogenated alkanes) is 1. The first-order chi connectivity index (χ1) is 13.9. The lowest BCUT2D eigenvalue weighted by Crippen LogP contribution is -2.26. The van der Waals surface area contributed by atoms with Crippen LogP contribution in [0.25, 0.3) is 16.6 Å². The fourth-order valence-electron chi connectivity index (χ4n) is 3.42. The molecule has 1 N–H and O–H groups in total. The van der Waals surface area contributed by atoms with E-state index >= 15 is 0 Å². The number of rotatable bonds is 6. The van der Waals surface area contributed by atoms with Crippen LogP contribution in [0.5, 0.6) is 0 Å². The van der Waals surface area contributed by atoms with Crippen LogP contribution >= 0.6 is 11.6 Å². The summed E-state index contributed by atoms with van der Waals surface area (Å²) in [7, 11) is 0. The maximum absolute atomic E-state index is 13.4. The number of hydrogen-bond donors (Lipinski definition) is 1. The van der Waals surface area contributed by atoms with Crippen molar-refractivity contribution in [1.82, 2.24) is 9.55 Å². The Hall–Kier alpha value is -2.70. The van der Waals surface area contributed by atoms with E-state index in [1.807, 2.05) is 6.92 Å². The van der Waals surface area contributed by atoms with Gasteiger partial charge in [-0.15, -0.1) is 0 Å². The van der Waals surface area contributed by atoms with E-state index in [4.69, 9.17) is 16.3 Å². The number of esters is 1. The Morgan fingerprint density at radius 1 is 1.28 bits per heavy atom. The average Bonchev–Trinajstić information content (AvgIpc) is 2.68. The maximum Gasteiger partial charge on any atom is 0.338 e. The van der Waals surface area contributed by atoms with Gasteiger partial charge in [0.15, 0.2) is 0 Å². The molecule has 0 saturated heterocycles. The molecule has 0 unspecified atom stereocenters. The molecule has 152 valence electrons. The molecule has 0 atom stereocenters. The van der Waals surface area contributed by atoms with Crippen molar-refractivity contribution in [3.05, 3.63) is 68.2 Å². The number of benzene rings is 2. The summed E-state index contributed by atoms with van der Waals surface area (Å²) >= 11 is 6.29. The number of halogens is 1. The first-order valence-corrected chi connectivity index (χ1v) is 9.87. The van der Waals surface area contributed by atoms with Crippen molar-refractivity contribution in [3.63, 3.8) is 0 Å². The number of aliphatic hydroxyl groups is 1. The highest BCUT2D eigenvalue weighted by atomic mass is 35.5. The summed E-state index contributed by atoms with van der Waals surface area (Å²) in [6.45, 7) is 5.40. The SMILES string of the molecule is CCCCOC(=O)c1c(C)cc2nc(CO)n(-c3ccccc3Cl)c(=O)c2c1C. The van der Waals surface area contributed by atoms with Crippen LogP contribution in [0.2, 0.25) is 5.02 Å². The third kappa shape index (κ3) is 3.91. The van der Waals surface area contributed by atoms with E-state index in [0.29, 0.717) is 44.9 Å². The summed E-state index contributed by atoms with van der Waals surface area (Å²) < 4.78 is 6.66. The molecular formula is C22H23ClN2O4. The number of nitrogens with zero attached hydrogens (tertiary/aromatic N) is 2. The summed E-state index contributed by atoms with van der Waals surface area (Å²) in [5.74, 6) is -0.280. The number of aliphatic hydroxyl groups excluding tert-OH is 1. The lowest BCUT2D eigenvalue weighted by Gasteiger charge is -2.16. The lowest BCUT2D eigenvalue weighted by atomic mass is 9.98. The third-order valence-corrected chi connectivity index (χ3v) is 5.17. The largest absolute Gasteiger partial charge is 0.462 e. The zero-order valence-electron chi connectivity index (χ0n) is 16.7. The van der Waals surface area contributed by atoms with E-state index in [1.165, 1.54) is 4.57 Å². The minimum Gasteiger partial charge on any atom is -0.462 e. The molecule has 6 nitrogen and oxygen atoms in total. The van der Waals surface area contributed by atoms with Gasteiger partial charge < -0.3 is 9.84 Å². The molecular weight excluding hydrogens is 392 g/mol. The molecule has 0 saturated carbocycles. The van der Waals surface area contributed by atoms with Gasteiger partial charge in [0.25, 0.3) is 5.56 Å². The third-order valence-electron chi connectivity index (χ3n) is 4.85. The number of ether oxygens (including phenoxy) is 1. The first-order valence-electron chi connectivity index (χ1n) is 9.49. The van der Waals surface area contributed by atoms with Crippen LogP contribution in [0.4, 0.5) is 0 Å². The molecule has 0 aliphatic rings. The number of hydrogen-bond acceptors (Lipinski definition) is 5. The molecule has 3 aromatic rings. The van der Waals surface area contributed by atoms with Crippen LogP contribution in [0.3, 0.4) is 0 Å². The number of carbonyl (C=O) groups excluding carboxylic acids is 1. The van der Waals surface area contributed by atoms with Crippen LogP contribution in [-0.4, -0.2) is 27.2 Å². The van der Waals surface area contributed by atoms with Gasteiger partial charge in [-0.2, -0.15) is 0 Å². The van der Waals surface area contributed by atoms with E-state index in [2.05, 4.69) is 4.98 Å². The van der Waals surface area contributed by atoms with Crippen molar-refractivity contribution >= 4 is 28.5 Å². The summed E-state index contributed by atoms with van der Waals surface area (Å²) in [6, 6.07) is 8.52. The number of aromatic nitrogens is 2. The zero-order valence-corrected chi connectivity index (χ0v) is 17.4. The molecule has 7 heteroatoms. The molecule has 0 spiro atoms. The molecule has 0 radical (unpaired) electrons. The average molecular weight is 415 g/mol. The molecule has 0 amide bonds. The quantitative estimate of drug-likeness (QED) is 0.485. The number of fused-ring (bicyclic) bond motifs is 1. The molecule has 1 aromatic heterocycles. The summed E-state index contributed by atoms with van der Waals surface area (Å²) in [5.41, 5.74) is 1.99. The predicted octanol–water partition coefficient (Wildman–Crippen LogP) is 4.11. The second kappa shape index (κ2) is 8.76. The monoisotopic (exact) mass is 414 g/mol. The van der Waals surface area contributed by atoms with Crippen molar-refractivity contribution in [2.24, 2.45) is 0 Å². The Kier molecular flexibility index (Phi) is 6.35. The van der Waals surface area contributed by atoms with Crippen LogP contribution in [0.1, 0.15) is 47.1 Å². The van der Waals surface area contributed by atoms with Crippen LogP contribution in [0.15, 0.2) is 35.1 Å². The maximum atomic E-state index is 13.4. The molecule has 0 fully saturated rings. The van der Waals surface area contributed by atoms with E-state index in [9.17, 15) is 14.7 Å². The fraction of sp³-hybridized carbons (Fsp3) is 0.318. The van der Waals surface area contributed by atoms with Crippen LogP contribution in [-0.2, 0) is 11.3 Å². The Balaban J connectivity index is 2.28.